The molecular formula is C18H33N3O4. The van der Waals surface area contributed by atoms with Crippen LogP contribution in [0.5, 0.6) is 0 Å². The van der Waals surface area contributed by atoms with Gasteiger partial charge in [-0.2, -0.15) is 0 Å². The molecule has 0 saturated heterocycles. The molecule has 0 aliphatic heterocycles. The van der Waals surface area contributed by atoms with Crippen molar-refractivity contribution in [3.63, 3.8) is 0 Å². The highest BCUT2D eigenvalue weighted by Crippen LogP contribution is 2.20. The number of hydrogen-bond donors (Lipinski definition) is 3. The molecule has 144 valence electrons. The Morgan fingerprint density at radius 1 is 1.16 bits per heavy atom. The molecule has 1 aliphatic carbocycles. The highest BCUT2D eigenvalue weighted by Gasteiger charge is 2.26. The molecule has 0 aromatic carbocycles. The number of alkyl carbamates (subject to hydrolysis) is 1. The molecule has 0 spiro atoms. The Morgan fingerprint density at radius 3 is 2.40 bits per heavy atom. The first kappa shape index (κ1) is 21.3. The molecule has 1 rings (SSSR count). The zero-order chi connectivity index (χ0) is 18.9. The minimum absolute atomic E-state index is 0.00174. The molecule has 7 heteroatoms. The lowest BCUT2D eigenvalue weighted by atomic mass is 9.99. The van der Waals surface area contributed by atoms with Crippen LogP contribution in [0.15, 0.2) is 0 Å². The van der Waals surface area contributed by atoms with Gasteiger partial charge in [-0.15, -0.1) is 0 Å². The Hall–Kier alpha value is -1.79. The molecule has 0 aromatic rings. The fraction of sp³-hybridized carbons (Fsp3) is 0.833. The Balaban J connectivity index is 2.12. The molecule has 3 amide bonds. The number of carbonyl (C=O) groups excluding carboxylic acids is 3. The largest absolute Gasteiger partial charge is 0.444 e. The second kappa shape index (κ2) is 10.3. The van der Waals surface area contributed by atoms with Crippen LogP contribution in [0, 0.1) is 5.92 Å². The topological polar surface area (TPSA) is 96.5 Å². The van der Waals surface area contributed by atoms with Gasteiger partial charge in [0.05, 0.1) is 6.54 Å². The van der Waals surface area contributed by atoms with Crippen LogP contribution in [0.2, 0.25) is 0 Å². The highest BCUT2D eigenvalue weighted by molar-refractivity contribution is 5.82. The van der Waals surface area contributed by atoms with Crippen molar-refractivity contribution in [1.82, 2.24) is 16.0 Å². The summed E-state index contributed by atoms with van der Waals surface area (Å²) in [7, 11) is 0. The van der Waals surface area contributed by atoms with E-state index in [1.165, 1.54) is 0 Å². The fourth-order valence-corrected chi connectivity index (χ4v) is 2.22. The first-order valence-corrected chi connectivity index (χ1v) is 9.31. The standard InChI is InChI=1S/C18H33N3O4/c1-5-13(16(23)21-14-9-10-14)8-7-11-19-15(22)12-20-17(24)25-18(3,4)6-2/h13-14H,5-12H2,1-4H3,(H,19,22)(H,20,24)(H,21,23)/t13-/m0/s1. The normalized spacial score (nSPS) is 15.2. The van der Waals surface area contributed by atoms with E-state index < -0.39 is 11.7 Å². The van der Waals surface area contributed by atoms with E-state index in [9.17, 15) is 14.4 Å². The van der Waals surface area contributed by atoms with E-state index in [4.69, 9.17) is 4.74 Å². The molecule has 1 fully saturated rings. The SMILES string of the molecule is CC[C@@H](CCCNC(=O)CNC(=O)OC(C)(C)CC)C(=O)NC1CC1. The summed E-state index contributed by atoms with van der Waals surface area (Å²) in [6.07, 6.45) is 4.55. The molecule has 1 aliphatic rings. The number of nitrogens with one attached hydrogen (secondary N) is 3. The fourth-order valence-electron chi connectivity index (χ4n) is 2.22. The summed E-state index contributed by atoms with van der Waals surface area (Å²) < 4.78 is 5.20. The molecule has 0 radical (unpaired) electrons. The Morgan fingerprint density at radius 2 is 1.84 bits per heavy atom. The van der Waals surface area contributed by atoms with E-state index in [0.717, 1.165) is 32.1 Å². The quantitative estimate of drug-likeness (QED) is 0.495. The number of rotatable bonds is 11. The first-order chi connectivity index (χ1) is 11.8. The molecule has 1 saturated carbocycles. The second-order valence-electron chi connectivity index (χ2n) is 7.24. The predicted octanol–water partition coefficient (Wildman–Crippen LogP) is 2.10. The average molecular weight is 355 g/mol. The van der Waals surface area contributed by atoms with Crippen molar-refractivity contribution in [2.45, 2.75) is 77.9 Å². The number of carbonyl (C=O) groups is 3. The van der Waals surface area contributed by atoms with Gasteiger partial charge in [-0.3, -0.25) is 9.59 Å². The van der Waals surface area contributed by atoms with Crippen molar-refractivity contribution < 1.29 is 19.1 Å². The van der Waals surface area contributed by atoms with Gasteiger partial charge < -0.3 is 20.7 Å². The van der Waals surface area contributed by atoms with Gasteiger partial charge in [0.1, 0.15) is 5.60 Å². The van der Waals surface area contributed by atoms with Gasteiger partial charge in [0.2, 0.25) is 11.8 Å². The highest BCUT2D eigenvalue weighted by atomic mass is 16.6. The lowest BCUT2D eigenvalue weighted by Crippen LogP contribution is -2.40. The van der Waals surface area contributed by atoms with Crippen LogP contribution < -0.4 is 16.0 Å². The molecule has 3 N–H and O–H groups in total. The lowest BCUT2D eigenvalue weighted by Gasteiger charge is -2.23. The van der Waals surface area contributed by atoms with Crippen LogP contribution in [0.4, 0.5) is 4.79 Å². The molecule has 0 unspecified atom stereocenters. The lowest BCUT2D eigenvalue weighted by molar-refractivity contribution is -0.125. The van der Waals surface area contributed by atoms with Crippen LogP contribution >= 0.6 is 0 Å². The van der Waals surface area contributed by atoms with E-state index in [1.54, 1.807) is 0 Å². The zero-order valence-corrected chi connectivity index (χ0v) is 15.9. The maximum Gasteiger partial charge on any atom is 0.408 e. The van der Waals surface area contributed by atoms with Crippen molar-refractivity contribution in [1.29, 1.82) is 0 Å². The first-order valence-electron chi connectivity index (χ1n) is 9.31. The van der Waals surface area contributed by atoms with Crippen LogP contribution in [-0.4, -0.2) is 42.6 Å². The summed E-state index contributed by atoms with van der Waals surface area (Å²) in [4.78, 5) is 35.3. The molecule has 0 aromatic heterocycles. The van der Waals surface area contributed by atoms with Gasteiger partial charge in [-0.05, 0) is 52.4 Å². The van der Waals surface area contributed by atoms with Gasteiger partial charge in [-0.25, -0.2) is 4.79 Å². The van der Waals surface area contributed by atoms with Crippen molar-refractivity contribution >= 4 is 17.9 Å². The van der Waals surface area contributed by atoms with E-state index in [0.29, 0.717) is 19.0 Å². The van der Waals surface area contributed by atoms with Crippen LogP contribution in [0.1, 0.15) is 66.2 Å². The van der Waals surface area contributed by atoms with Crippen LogP contribution in [-0.2, 0) is 14.3 Å². The third-order valence-corrected chi connectivity index (χ3v) is 4.45. The Labute approximate surface area is 150 Å². The van der Waals surface area contributed by atoms with Crippen LogP contribution in [0.3, 0.4) is 0 Å². The molecule has 1 atom stereocenters. The number of ether oxygens (including phenoxy) is 1. The Bertz CT molecular complexity index is 461. The molecule has 0 bridgehead atoms. The summed E-state index contributed by atoms with van der Waals surface area (Å²) in [5.41, 5.74) is -0.545. The predicted molar refractivity (Wildman–Crippen MR) is 96.0 cm³/mol. The minimum Gasteiger partial charge on any atom is -0.444 e. The van der Waals surface area contributed by atoms with Crippen molar-refractivity contribution in [3.05, 3.63) is 0 Å². The van der Waals surface area contributed by atoms with Gasteiger partial charge >= 0.3 is 6.09 Å². The smallest absolute Gasteiger partial charge is 0.408 e. The summed E-state index contributed by atoms with van der Waals surface area (Å²) in [6.45, 7) is 7.94. The Kier molecular flexibility index (Phi) is 8.72. The third kappa shape index (κ3) is 9.31. The van der Waals surface area contributed by atoms with Gasteiger partial charge in [0.25, 0.3) is 0 Å². The molecule has 0 heterocycles. The third-order valence-electron chi connectivity index (χ3n) is 4.45. The average Bonchev–Trinajstić information content (AvgIpc) is 3.36. The summed E-state index contributed by atoms with van der Waals surface area (Å²) in [5.74, 6) is -0.136. The number of amides is 3. The second-order valence-corrected chi connectivity index (χ2v) is 7.24. The number of hydrogen-bond acceptors (Lipinski definition) is 4. The van der Waals surface area contributed by atoms with Crippen molar-refractivity contribution in [2.75, 3.05) is 13.1 Å². The zero-order valence-electron chi connectivity index (χ0n) is 15.9. The molecular weight excluding hydrogens is 322 g/mol. The molecule has 25 heavy (non-hydrogen) atoms. The van der Waals surface area contributed by atoms with E-state index in [1.807, 2.05) is 27.7 Å². The molecule has 7 nitrogen and oxygen atoms in total. The maximum atomic E-state index is 12.0. The van der Waals surface area contributed by atoms with Gasteiger partial charge in [-0.1, -0.05) is 13.8 Å². The van der Waals surface area contributed by atoms with E-state index in [-0.39, 0.29) is 24.3 Å². The van der Waals surface area contributed by atoms with Crippen molar-refractivity contribution in [2.24, 2.45) is 5.92 Å². The summed E-state index contributed by atoms with van der Waals surface area (Å²) >= 11 is 0. The van der Waals surface area contributed by atoms with Gasteiger partial charge in [0.15, 0.2) is 0 Å². The maximum absolute atomic E-state index is 12.0. The summed E-state index contributed by atoms with van der Waals surface area (Å²) in [6, 6.07) is 0.379. The van der Waals surface area contributed by atoms with Gasteiger partial charge in [0, 0.05) is 18.5 Å². The summed E-state index contributed by atoms with van der Waals surface area (Å²) in [5, 5.41) is 8.21. The van der Waals surface area contributed by atoms with E-state index in [2.05, 4.69) is 16.0 Å². The van der Waals surface area contributed by atoms with Crippen LogP contribution in [0.25, 0.3) is 0 Å². The van der Waals surface area contributed by atoms with E-state index >= 15 is 0 Å². The van der Waals surface area contributed by atoms with Crippen molar-refractivity contribution in [3.8, 4) is 0 Å². The minimum atomic E-state index is -0.593. The monoisotopic (exact) mass is 355 g/mol.